The van der Waals surface area contributed by atoms with Crippen molar-refractivity contribution in [2.75, 3.05) is 32.8 Å². The van der Waals surface area contributed by atoms with Gasteiger partial charge in [-0.3, -0.25) is 4.90 Å². The zero-order chi connectivity index (χ0) is 13.0. The first-order chi connectivity index (χ1) is 8.62. The van der Waals surface area contributed by atoms with E-state index in [-0.39, 0.29) is 0 Å². The third-order valence-corrected chi connectivity index (χ3v) is 4.60. The Morgan fingerprint density at radius 2 is 2.00 bits per heavy atom. The molecule has 0 amide bonds. The van der Waals surface area contributed by atoms with Crippen LogP contribution in [0.3, 0.4) is 0 Å². The molecule has 2 aliphatic rings. The Morgan fingerprint density at radius 3 is 2.67 bits per heavy atom. The molecule has 2 unspecified atom stereocenters. The van der Waals surface area contributed by atoms with E-state index >= 15 is 0 Å². The van der Waals surface area contributed by atoms with Crippen LogP contribution in [0.1, 0.15) is 46.5 Å². The van der Waals surface area contributed by atoms with Gasteiger partial charge in [0.2, 0.25) is 0 Å². The zero-order valence-corrected chi connectivity index (χ0v) is 12.4. The van der Waals surface area contributed by atoms with Crippen molar-refractivity contribution in [3.05, 3.63) is 0 Å². The van der Waals surface area contributed by atoms with Crippen molar-refractivity contribution in [3.8, 4) is 0 Å². The quantitative estimate of drug-likeness (QED) is 0.833. The molecule has 0 bridgehead atoms. The summed E-state index contributed by atoms with van der Waals surface area (Å²) in [7, 11) is 0. The molecule has 0 aromatic rings. The second kappa shape index (κ2) is 6.36. The monoisotopic (exact) mass is 254 g/mol. The van der Waals surface area contributed by atoms with Gasteiger partial charge in [-0.2, -0.15) is 0 Å². The molecule has 3 heteroatoms. The van der Waals surface area contributed by atoms with Gasteiger partial charge in [-0.05, 0) is 50.7 Å². The van der Waals surface area contributed by atoms with Crippen LogP contribution in [0.25, 0.3) is 0 Å². The van der Waals surface area contributed by atoms with Gasteiger partial charge in [-0.15, -0.1) is 0 Å². The lowest BCUT2D eigenvalue weighted by Crippen LogP contribution is -2.57. The molecule has 0 radical (unpaired) electrons. The van der Waals surface area contributed by atoms with E-state index < -0.39 is 0 Å². The fourth-order valence-electron chi connectivity index (χ4n) is 3.11. The number of hydrogen-bond acceptors (Lipinski definition) is 3. The van der Waals surface area contributed by atoms with E-state index in [2.05, 4.69) is 31.0 Å². The Hall–Kier alpha value is -0.120. The van der Waals surface area contributed by atoms with Crippen molar-refractivity contribution in [1.29, 1.82) is 0 Å². The molecule has 2 rings (SSSR count). The number of rotatable bonds is 4. The van der Waals surface area contributed by atoms with E-state index in [0.717, 1.165) is 19.8 Å². The standard InChI is InChI=1S/C15H30N2O/c1-4-8-16-13-5-11-18-12-14(13)17-9-6-15(2,3)7-10-17/h13-14,16H,4-12H2,1-3H3. The Labute approximate surface area is 112 Å². The van der Waals surface area contributed by atoms with Crippen molar-refractivity contribution in [2.24, 2.45) is 5.41 Å². The van der Waals surface area contributed by atoms with Gasteiger partial charge in [0.25, 0.3) is 0 Å². The summed E-state index contributed by atoms with van der Waals surface area (Å²) >= 11 is 0. The van der Waals surface area contributed by atoms with Crippen molar-refractivity contribution in [2.45, 2.75) is 58.5 Å². The van der Waals surface area contributed by atoms with Crippen molar-refractivity contribution < 1.29 is 4.74 Å². The number of likely N-dealkylation sites (tertiary alicyclic amines) is 1. The topological polar surface area (TPSA) is 24.5 Å². The molecule has 0 aliphatic carbocycles. The maximum Gasteiger partial charge on any atom is 0.0637 e. The van der Waals surface area contributed by atoms with E-state index in [9.17, 15) is 0 Å². The first-order valence-corrected chi connectivity index (χ1v) is 7.67. The first kappa shape index (κ1) is 14.3. The summed E-state index contributed by atoms with van der Waals surface area (Å²) in [6.07, 6.45) is 5.04. The molecule has 2 heterocycles. The highest BCUT2D eigenvalue weighted by Gasteiger charge is 2.34. The van der Waals surface area contributed by atoms with Gasteiger partial charge < -0.3 is 10.1 Å². The van der Waals surface area contributed by atoms with Crippen LogP contribution in [-0.4, -0.2) is 49.8 Å². The lowest BCUT2D eigenvalue weighted by atomic mass is 9.81. The Balaban J connectivity index is 1.88. The highest BCUT2D eigenvalue weighted by atomic mass is 16.5. The average Bonchev–Trinajstić information content (AvgIpc) is 2.37. The van der Waals surface area contributed by atoms with Crippen LogP contribution in [0.4, 0.5) is 0 Å². The number of ether oxygens (including phenoxy) is 1. The normalized spacial score (nSPS) is 33.5. The summed E-state index contributed by atoms with van der Waals surface area (Å²) in [5.74, 6) is 0. The SMILES string of the molecule is CCCNC1CCOCC1N1CCC(C)(C)CC1. The van der Waals surface area contributed by atoms with Crippen LogP contribution >= 0.6 is 0 Å². The minimum atomic E-state index is 0.540. The fraction of sp³-hybridized carbons (Fsp3) is 1.00. The van der Waals surface area contributed by atoms with Crippen molar-refractivity contribution in [3.63, 3.8) is 0 Å². The molecule has 2 saturated heterocycles. The molecule has 18 heavy (non-hydrogen) atoms. The number of hydrogen-bond donors (Lipinski definition) is 1. The van der Waals surface area contributed by atoms with Gasteiger partial charge in [0.15, 0.2) is 0 Å². The molecule has 1 N–H and O–H groups in total. The van der Waals surface area contributed by atoms with Gasteiger partial charge in [0, 0.05) is 18.7 Å². The molecule has 2 fully saturated rings. The molecule has 2 atom stereocenters. The minimum Gasteiger partial charge on any atom is -0.380 e. The molecular formula is C15H30N2O. The van der Waals surface area contributed by atoms with Crippen LogP contribution < -0.4 is 5.32 Å². The molecule has 0 saturated carbocycles. The molecule has 3 nitrogen and oxygen atoms in total. The Morgan fingerprint density at radius 1 is 1.28 bits per heavy atom. The van der Waals surface area contributed by atoms with E-state index in [1.165, 1.54) is 38.8 Å². The smallest absolute Gasteiger partial charge is 0.0637 e. The van der Waals surface area contributed by atoms with Crippen molar-refractivity contribution >= 4 is 0 Å². The predicted molar refractivity (Wildman–Crippen MR) is 75.9 cm³/mol. The largest absolute Gasteiger partial charge is 0.380 e. The molecular weight excluding hydrogens is 224 g/mol. The zero-order valence-electron chi connectivity index (χ0n) is 12.4. The maximum atomic E-state index is 5.72. The van der Waals surface area contributed by atoms with Crippen LogP contribution in [0.5, 0.6) is 0 Å². The van der Waals surface area contributed by atoms with Gasteiger partial charge in [-0.1, -0.05) is 20.8 Å². The van der Waals surface area contributed by atoms with Crippen LogP contribution in [0.15, 0.2) is 0 Å². The van der Waals surface area contributed by atoms with Crippen LogP contribution in [0, 0.1) is 5.41 Å². The van der Waals surface area contributed by atoms with E-state index in [1.54, 1.807) is 0 Å². The first-order valence-electron chi connectivity index (χ1n) is 7.67. The summed E-state index contributed by atoms with van der Waals surface area (Å²) in [5, 5.41) is 3.72. The third-order valence-electron chi connectivity index (χ3n) is 4.60. The second-order valence-corrected chi connectivity index (χ2v) is 6.69. The summed E-state index contributed by atoms with van der Waals surface area (Å²) in [6, 6.07) is 1.24. The summed E-state index contributed by atoms with van der Waals surface area (Å²) in [5.41, 5.74) is 0.540. The number of piperidine rings is 1. The summed E-state index contributed by atoms with van der Waals surface area (Å²) in [6.45, 7) is 12.5. The van der Waals surface area contributed by atoms with E-state index in [4.69, 9.17) is 4.74 Å². The Bertz CT molecular complexity index is 245. The molecule has 0 aromatic carbocycles. The summed E-state index contributed by atoms with van der Waals surface area (Å²) < 4.78 is 5.72. The summed E-state index contributed by atoms with van der Waals surface area (Å²) in [4.78, 5) is 2.66. The lowest BCUT2D eigenvalue weighted by molar-refractivity contribution is -0.0221. The van der Waals surface area contributed by atoms with Gasteiger partial charge in [0.05, 0.1) is 6.61 Å². The lowest BCUT2D eigenvalue weighted by Gasteiger charge is -2.45. The number of nitrogens with one attached hydrogen (secondary N) is 1. The van der Waals surface area contributed by atoms with Crippen molar-refractivity contribution in [1.82, 2.24) is 10.2 Å². The molecule has 0 aromatic heterocycles. The Kier molecular flexibility index (Phi) is 5.05. The number of nitrogens with zero attached hydrogens (tertiary/aromatic N) is 1. The van der Waals surface area contributed by atoms with Crippen LogP contribution in [0.2, 0.25) is 0 Å². The molecule has 106 valence electrons. The molecule has 0 spiro atoms. The van der Waals surface area contributed by atoms with E-state index in [0.29, 0.717) is 17.5 Å². The average molecular weight is 254 g/mol. The third kappa shape index (κ3) is 3.69. The maximum absolute atomic E-state index is 5.72. The highest BCUT2D eigenvalue weighted by molar-refractivity contribution is 4.90. The van der Waals surface area contributed by atoms with Gasteiger partial charge >= 0.3 is 0 Å². The minimum absolute atomic E-state index is 0.540. The highest BCUT2D eigenvalue weighted by Crippen LogP contribution is 2.31. The fourth-order valence-corrected chi connectivity index (χ4v) is 3.11. The second-order valence-electron chi connectivity index (χ2n) is 6.69. The van der Waals surface area contributed by atoms with Gasteiger partial charge in [0.1, 0.15) is 0 Å². The molecule has 2 aliphatic heterocycles. The van der Waals surface area contributed by atoms with E-state index in [1.807, 2.05) is 0 Å². The predicted octanol–water partition coefficient (Wildman–Crippen LogP) is 2.27. The van der Waals surface area contributed by atoms with Gasteiger partial charge in [-0.25, -0.2) is 0 Å². The van der Waals surface area contributed by atoms with Crippen LogP contribution in [-0.2, 0) is 4.74 Å².